The molecule has 2 heterocycles. The van der Waals surface area contributed by atoms with Gasteiger partial charge in [0.2, 0.25) is 11.7 Å². The highest BCUT2D eigenvalue weighted by Gasteiger charge is 2.60. The first-order valence-corrected chi connectivity index (χ1v) is 11.3. The van der Waals surface area contributed by atoms with Crippen LogP contribution in [-0.2, 0) is 14.4 Å². The van der Waals surface area contributed by atoms with E-state index in [1.54, 1.807) is 41.5 Å². The van der Waals surface area contributed by atoms with Crippen LogP contribution >= 0.6 is 11.6 Å². The monoisotopic (exact) mass is 494 g/mol. The van der Waals surface area contributed by atoms with Gasteiger partial charge in [-0.05, 0) is 42.0 Å². The highest BCUT2D eigenvalue weighted by atomic mass is 35.5. The minimum atomic E-state index is -1.02. The number of anilines is 2. The first kappa shape index (κ1) is 23.0. The van der Waals surface area contributed by atoms with Gasteiger partial charge in [-0.3, -0.25) is 14.4 Å². The number of methoxy groups -OCH3 is 3. The molecule has 2 aliphatic heterocycles. The van der Waals surface area contributed by atoms with E-state index in [1.807, 2.05) is 30.3 Å². The van der Waals surface area contributed by atoms with Crippen molar-refractivity contribution in [2.45, 2.75) is 12.1 Å². The Morgan fingerprint density at radius 2 is 1.46 bits per heavy atom. The summed E-state index contributed by atoms with van der Waals surface area (Å²) < 4.78 is 16.5. The zero-order chi connectivity index (χ0) is 24.7. The van der Waals surface area contributed by atoms with Crippen molar-refractivity contribution < 1.29 is 28.6 Å². The first-order chi connectivity index (χ1) is 17.0. The molecule has 0 aromatic heterocycles. The van der Waals surface area contributed by atoms with Gasteiger partial charge in [-0.25, -0.2) is 9.96 Å². The van der Waals surface area contributed by atoms with Crippen LogP contribution in [0.4, 0.5) is 11.4 Å². The highest BCUT2D eigenvalue weighted by Crippen LogP contribution is 2.50. The van der Waals surface area contributed by atoms with Crippen molar-refractivity contribution in [3.63, 3.8) is 0 Å². The van der Waals surface area contributed by atoms with Crippen LogP contribution in [0, 0.1) is 5.92 Å². The van der Waals surface area contributed by atoms with Crippen molar-refractivity contribution in [2.24, 2.45) is 5.92 Å². The quantitative estimate of drug-likeness (QED) is 0.469. The Hall–Kier alpha value is -3.75. The largest absolute Gasteiger partial charge is 0.493 e. The smallest absolute Gasteiger partial charge is 0.266 e. The van der Waals surface area contributed by atoms with Gasteiger partial charge in [0.25, 0.3) is 5.91 Å². The molecule has 180 valence electrons. The van der Waals surface area contributed by atoms with Gasteiger partial charge in [-0.1, -0.05) is 41.9 Å². The van der Waals surface area contributed by atoms with Gasteiger partial charge >= 0.3 is 0 Å². The summed E-state index contributed by atoms with van der Waals surface area (Å²) >= 11 is 6.34. The zero-order valence-electron chi connectivity index (χ0n) is 19.3. The van der Waals surface area contributed by atoms with Gasteiger partial charge < -0.3 is 14.2 Å². The second-order valence-electron chi connectivity index (χ2n) is 8.08. The lowest BCUT2D eigenvalue weighted by molar-refractivity contribution is -0.126. The van der Waals surface area contributed by atoms with Crippen LogP contribution < -0.4 is 24.2 Å². The molecular formula is C26H23ClN2O6. The third-order valence-electron chi connectivity index (χ3n) is 6.25. The van der Waals surface area contributed by atoms with Crippen LogP contribution in [0.25, 0.3) is 0 Å². The number of hydrogen-bond acceptors (Lipinski definition) is 7. The molecule has 8 nitrogen and oxygen atoms in total. The summed E-state index contributed by atoms with van der Waals surface area (Å²) in [6.45, 7) is 0. The minimum absolute atomic E-state index is 0.304. The van der Waals surface area contributed by atoms with Crippen molar-refractivity contribution >= 4 is 34.8 Å². The molecule has 0 saturated carbocycles. The van der Waals surface area contributed by atoms with E-state index in [2.05, 4.69) is 0 Å². The number of para-hydroxylation sites is 2. The van der Waals surface area contributed by atoms with E-state index in [-0.39, 0.29) is 0 Å². The van der Waals surface area contributed by atoms with Crippen LogP contribution in [-0.4, -0.2) is 39.2 Å². The molecule has 0 bridgehead atoms. The Kier molecular flexibility index (Phi) is 6.00. The number of hydroxylamine groups is 1. The standard InChI is InChI=1S/C26H23ClN2O6/c1-32-19-13-15(14-20(33-2)23(19)34-3)22-21-24(35-29(22)16-9-5-4-6-10-16)26(31)28(25(21)30)18-12-8-7-11-17(18)27/h4-14,21-22,24H,1-3H3/t21-,22-,24+/m1/s1. The van der Waals surface area contributed by atoms with Gasteiger partial charge in [0.05, 0.1) is 43.8 Å². The summed E-state index contributed by atoms with van der Waals surface area (Å²) in [6.07, 6.45) is -1.02. The van der Waals surface area contributed by atoms with Crippen molar-refractivity contribution in [3.8, 4) is 17.2 Å². The van der Waals surface area contributed by atoms with Gasteiger partial charge in [0.1, 0.15) is 5.92 Å². The minimum Gasteiger partial charge on any atom is -0.493 e. The first-order valence-electron chi connectivity index (χ1n) is 10.9. The lowest BCUT2D eigenvalue weighted by Crippen LogP contribution is -2.37. The molecule has 3 atom stereocenters. The van der Waals surface area contributed by atoms with Gasteiger partial charge in [-0.15, -0.1) is 0 Å². The zero-order valence-corrected chi connectivity index (χ0v) is 20.1. The topological polar surface area (TPSA) is 77.5 Å². The highest BCUT2D eigenvalue weighted by molar-refractivity contribution is 6.36. The normalized spacial score (nSPS) is 21.3. The molecule has 2 fully saturated rings. The predicted molar refractivity (Wildman–Crippen MR) is 130 cm³/mol. The van der Waals surface area contributed by atoms with Crippen molar-refractivity contribution in [2.75, 3.05) is 31.3 Å². The number of amides is 2. The third-order valence-corrected chi connectivity index (χ3v) is 6.57. The molecule has 2 amide bonds. The van der Waals surface area contributed by atoms with Crippen molar-refractivity contribution in [3.05, 3.63) is 77.3 Å². The molecule has 2 aliphatic rings. The lowest BCUT2D eigenvalue weighted by Gasteiger charge is -2.29. The maximum absolute atomic E-state index is 13.8. The molecule has 3 aromatic rings. The second-order valence-corrected chi connectivity index (χ2v) is 8.49. The SMILES string of the molecule is COc1cc([C@@H]2[C@H]3C(=O)N(c4ccccc4Cl)C(=O)[C@H]3ON2c2ccccc2)cc(OC)c1OC. The number of rotatable bonds is 6. The van der Waals surface area contributed by atoms with E-state index in [1.165, 1.54) is 21.3 Å². The van der Waals surface area contributed by atoms with Crippen LogP contribution in [0.2, 0.25) is 5.02 Å². The summed E-state index contributed by atoms with van der Waals surface area (Å²) in [5.74, 6) is -0.417. The van der Waals surface area contributed by atoms with E-state index in [0.717, 1.165) is 4.90 Å². The Morgan fingerprint density at radius 1 is 0.829 bits per heavy atom. The molecule has 35 heavy (non-hydrogen) atoms. The van der Waals surface area contributed by atoms with E-state index >= 15 is 0 Å². The molecule has 0 radical (unpaired) electrons. The molecule has 3 aromatic carbocycles. The summed E-state index contributed by atoms with van der Waals surface area (Å²) in [5, 5.41) is 1.91. The van der Waals surface area contributed by atoms with Crippen molar-refractivity contribution in [1.29, 1.82) is 0 Å². The lowest BCUT2D eigenvalue weighted by atomic mass is 9.90. The Labute approximate surface area is 207 Å². The van der Waals surface area contributed by atoms with E-state index in [0.29, 0.717) is 39.2 Å². The number of fused-ring (bicyclic) bond motifs is 1. The molecule has 0 aliphatic carbocycles. The maximum atomic E-state index is 13.8. The Balaban J connectivity index is 1.65. The van der Waals surface area contributed by atoms with Gasteiger partial charge in [0.15, 0.2) is 17.6 Å². The van der Waals surface area contributed by atoms with Crippen LogP contribution in [0.3, 0.4) is 0 Å². The fraction of sp³-hybridized carbons (Fsp3) is 0.231. The molecular weight excluding hydrogens is 472 g/mol. The molecule has 0 unspecified atom stereocenters. The van der Waals surface area contributed by atoms with Crippen molar-refractivity contribution in [1.82, 2.24) is 0 Å². The molecule has 2 saturated heterocycles. The summed E-state index contributed by atoms with van der Waals surface area (Å²) in [7, 11) is 4.56. The number of imide groups is 1. The fourth-order valence-corrected chi connectivity index (χ4v) is 4.92. The van der Waals surface area contributed by atoms with E-state index < -0.39 is 29.9 Å². The van der Waals surface area contributed by atoms with Crippen LogP contribution in [0.5, 0.6) is 17.2 Å². The number of ether oxygens (including phenoxy) is 3. The number of nitrogens with zero attached hydrogens (tertiary/aromatic N) is 2. The molecule has 9 heteroatoms. The van der Waals surface area contributed by atoms with Crippen LogP contribution in [0.1, 0.15) is 11.6 Å². The number of hydrogen-bond donors (Lipinski definition) is 0. The van der Waals surface area contributed by atoms with Gasteiger partial charge in [0, 0.05) is 0 Å². The summed E-state index contributed by atoms with van der Waals surface area (Å²) in [5.41, 5.74) is 1.70. The number of carbonyl (C=O) groups is 2. The molecule has 0 spiro atoms. The molecule has 5 rings (SSSR count). The summed E-state index contributed by atoms with van der Waals surface area (Å²) in [4.78, 5) is 34.6. The maximum Gasteiger partial charge on any atom is 0.266 e. The molecule has 0 N–H and O–H groups in total. The third kappa shape index (κ3) is 3.66. The average Bonchev–Trinajstić information content (AvgIpc) is 3.40. The predicted octanol–water partition coefficient (Wildman–Crippen LogP) is 4.42. The fourth-order valence-electron chi connectivity index (χ4n) is 4.69. The number of carbonyl (C=O) groups excluding carboxylic acids is 2. The Morgan fingerprint density at radius 3 is 2.06 bits per heavy atom. The Bertz CT molecular complexity index is 1260. The van der Waals surface area contributed by atoms with E-state index in [9.17, 15) is 9.59 Å². The average molecular weight is 495 g/mol. The van der Waals surface area contributed by atoms with E-state index in [4.69, 9.17) is 30.6 Å². The van der Waals surface area contributed by atoms with Gasteiger partial charge in [-0.2, -0.15) is 0 Å². The second kappa shape index (κ2) is 9.13. The number of benzene rings is 3. The summed E-state index contributed by atoms with van der Waals surface area (Å²) in [6, 6.07) is 18.9. The number of halogens is 1. The van der Waals surface area contributed by atoms with Crippen LogP contribution in [0.15, 0.2) is 66.7 Å².